The molecule has 0 bridgehead atoms. The van der Waals surface area contributed by atoms with E-state index in [1.807, 2.05) is 50.2 Å². The third kappa shape index (κ3) is 4.23. The number of methoxy groups -OCH3 is 1. The van der Waals surface area contributed by atoms with Gasteiger partial charge in [0.15, 0.2) is 5.69 Å². The SMILES string of the molecule is CCN(CC)C(=O)c1nc(C(=O)NCCc2ccccc2OC)n2ccccc12. The van der Waals surface area contributed by atoms with Crippen LogP contribution in [0.1, 0.15) is 40.5 Å². The Morgan fingerprint density at radius 1 is 1.10 bits per heavy atom. The molecule has 2 heterocycles. The van der Waals surface area contributed by atoms with Gasteiger partial charge in [0, 0.05) is 25.8 Å². The monoisotopic (exact) mass is 394 g/mol. The summed E-state index contributed by atoms with van der Waals surface area (Å²) < 4.78 is 7.01. The number of amides is 2. The maximum Gasteiger partial charge on any atom is 0.287 e. The average Bonchev–Trinajstić information content (AvgIpc) is 3.14. The van der Waals surface area contributed by atoms with Gasteiger partial charge in [-0.25, -0.2) is 4.98 Å². The van der Waals surface area contributed by atoms with Gasteiger partial charge >= 0.3 is 0 Å². The zero-order valence-corrected chi connectivity index (χ0v) is 17.0. The van der Waals surface area contributed by atoms with Crippen molar-refractivity contribution in [3.05, 3.63) is 65.7 Å². The first-order valence-corrected chi connectivity index (χ1v) is 9.77. The molecule has 1 N–H and O–H groups in total. The predicted octanol–water partition coefficient (Wildman–Crippen LogP) is 2.80. The Bertz CT molecular complexity index is 1010. The van der Waals surface area contributed by atoms with Crippen molar-refractivity contribution in [3.63, 3.8) is 0 Å². The fraction of sp³-hybridized carbons (Fsp3) is 0.318. The van der Waals surface area contributed by atoms with Gasteiger partial charge < -0.3 is 15.0 Å². The van der Waals surface area contributed by atoms with E-state index >= 15 is 0 Å². The normalized spacial score (nSPS) is 10.7. The number of ether oxygens (including phenoxy) is 1. The molecule has 29 heavy (non-hydrogen) atoms. The van der Waals surface area contributed by atoms with Crippen molar-refractivity contribution in [3.8, 4) is 5.75 Å². The molecule has 0 spiro atoms. The first-order chi connectivity index (χ1) is 14.1. The van der Waals surface area contributed by atoms with Crippen LogP contribution in [0.3, 0.4) is 0 Å². The van der Waals surface area contributed by atoms with Gasteiger partial charge in [0.1, 0.15) is 5.75 Å². The Hall–Kier alpha value is -3.35. The molecule has 0 fully saturated rings. The van der Waals surface area contributed by atoms with Gasteiger partial charge in [-0.15, -0.1) is 0 Å². The molecule has 0 radical (unpaired) electrons. The largest absolute Gasteiger partial charge is 0.496 e. The molecule has 152 valence electrons. The van der Waals surface area contributed by atoms with Crippen molar-refractivity contribution in [1.29, 1.82) is 0 Å². The summed E-state index contributed by atoms with van der Waals surface area (Å²) in [5.41, 5.74) is 1.93. The van der Waals surface area contributed by atoms with Gasteiger partial charge in [-0.1, -0.05) is 24.3 Å². The topological polar surface area (TPSA) is 75.9 Å². The van der Waals surface area contributed by atoms with E-state index in [0.717, 1.165) is 11.3 Å². The molecule has 0 unspecified atom stereocenters. The number of pyridine rings is 1. The number of benzene rings is 1. The van der Waals surface area contributed by atoms with Crippen molar-refractivity contribution in [2.24, 2.45) is 0 Å². The molecule has 3 aromatic rings. The van der Waals surface area contributed by atoms with E-state index in [1.54, 1.807) is 28.7 Å². The van der Waals surface area contributed by atoms with Crippen molar-refractivity contribution in [2.75, 3.05) is 26.7 Å². The molecule has 1 aromatic carbocycles. The number of carbonyl (C=O) groups is 2. The summed E-state index contributed by atoms with van der Waals surface area (Å²) in [4.78, 5) is 31.7. The van der Waals surface area contributed by atoms with Crippen molar-refractivity contribution < 1.29 is 14.3 Å². The van der Waals surface area contributed by atoms with Crippen LogP contribution in [-0.4, -0.2) is 52.8 Å². The highest BCUT2D eigenvalue weighted by molar-refractivity contribution is 6.02. The Balaban J connectivity index is 1.80. The summed E-state index contributed by atoms with van der Waals surface area (Å²) in [5.74, 6) is 0.503. The third-order valence-electron chi connectivity index (χ3n) is 4.88. The molecule has 7 heteroatoms. The number of nitrogens with one attached hydrogen (secondary N) is 1. The van der Waals surface area contributed by atoms with Crippen LogP contribution in [0.15, 0.2) is 48.7 Å². The molecule has 0 saturated heterocycles. The van der Waals surface area contributed by atoms with Crippen LogP contribution < -0.4 is 10.1 Å². The van der Waals surface area contributed by atoms with Crippen molar-refractivity contribution in [1.82, 2.24) is 19.6 Å². The van der Waals surface area contributed by atoms with E-state index in [-0.39, 0.29) is 17.6 Å². The van der Waals surface area contributed by atoms with Crippen molar-refractivity contribution >= 4 is 17.3 Å². The summed E-state index contributed by atoms with van der Waals surface area (Å²) in [6.07, 6.45) is 2.38. The molecule has 2 aromatic heterocycles. The zero-order chi connectivity index (χ0) is 20.8. The number of hydrogen-bond acceptors (Lipinski definition) is 4. The van der Waals surface area contributed by atoms with E-state index in [2.05, 4.69) is 10.3 Å². The molecular formula is C22H26N4O3. The van der Waals surface area contributed by atoms with E-state index in [9.17, 15) is 9.59 Å². The van der Waals surface area contributed by atoms with Crippen LogP contribution in [0.25, 0.3) is 5.52 Å². The second-order valence-corrected chi connectivity index (χ2v) is 6.54. The molecular weight excluding hydrogens is 368 g/mol. The summed E-state index contributed by atoms with van der Waals surface area (Å²) in [6.45, 7) is 5.44. The summed E-state index contributed by atoms with van der Waals surface area (Å²) >= 11 is 0. The van der Waals surface area contributed by atoms with E-state index in [4.69, 9.17) is 4.74 Å². The number of fused-ring (bicyclic) bond motifs is 1. The van der Waals surface area contributed by atoms with Gasteiger partial charge in [-0.05, 0) is 44.0 Å². The maximum atomic E-state index is 12.8. The van der Waals surface area contributed by atoms with E-state index in [1.165, 1.54) is 0 Å². The van der Waals surface area contributed by atoms with Crippen LogP contribution in [0.2, 0.25) is 0 Å². The highest BCUT2D eigenvalue weighted by Gasteiger charge is 2.23. The van der Waals surface area contributed by atoms with Crippen molar-refractivity contribution in [2.45, 2.75) is 20.3 Å². The lowest BCUT2D eigenvalue weighted by Crippen LogP contribution is -2.31. The summed E-state index contributed by atoms with van der Waals surface area (Å²) in [5, 5.41) is 2.90. The van der Waals surface area contributed by atoms with Gasteiger partial charge in [0.05, 0.1) is 12.6 Å². The number of para-hydroxylation sites is 1. The van der Waals surface area contributed by atoms with Gasteiger partial charge in [0.25, 0.3) is 11.8 Å². The third-order valence-corrected chi connectivity index (χ3v) is 4.88. The standard InChI is InChI=1S/C22H26N4O3/c1-4-25(5-2)22(28)19-17-11-8-9-15-26(17)20(24-19)21(27)23-14-13-16-10-6-7-12-18(16)29-3/h6-12,15H,4-5,13-14H2,1-3H3,(H,23,27). The first-order valence-electron chi connectivity index (χ1n) is 9.77. The van der Waals surface area contributed by atoms with Crippen LogP contribution in [-0.2, 0) is 6.42 Å². The molecule has 2 amide bonds. The number of rotatable bonds is 8. The molecule has 0 aliphatic carbocycles. The van der Waals surface area contributed by atoms with Crippen LogP contribution >= 0.6 is 0 Å². The number of hydrogen-bond donors (Lipinski definition) is 1. The van der Waals surface area contributed by atoms with Crippen LogP contribution in [0.4, 0.5) is 0 Å². The first kappa shape index (κ1) is 20.4. The van der Waals surface area contributed by atoms with Crippen LogP contribution in [0.5, 0.6) is 5.75 Å². The van der Waals surface area contributed by atoms with Crippen LogP contribution in [0, 0.1) is 0 Å². The predicted molar refractivity (Wildman–Crippen MR) is 111 cm³/mol. The summed E-state index contributed by atoms with van der Waals surface area (Å²) in [7, 11) is 1.63. The number of imidazole rings is 1. The zero-order valence-electron chi connectivity index (χ0n) is 17.0. The van der Waals surface area contributed by atoms with E-state index in [0.29, 0.717) is 37.3 Å². The van der Waals surface area contributed by atoms with Gasteiger partial charge in [-0.3, -0.25) is 14.0 Å². The van der Waals surface area contributed by atoms with Gasteiger partial charge in [-0.2, -0.15) is 0 Å². The minimum absolute atomic E-state index is 0.174. The second kappa shape index (κ2) is 9.23. The second-order valence-electron chi connectivity index (χ2n) is 6.54. The molecule has 0 saturated carbocycles. The van der Waals surface area contributed by atoms with Gasteiger partial charge in [0.2, 0.25) is 5.82 Å². The molecule has 0 aliphatic heterocycles. The number of aromatic nitrogens is 2. The lowest BCUT2D eigenvalue weighted by atomic mass is 10.1. The highest BCUT2D eigenvalue weighted by atomic mass is 16.5. The maximum absolute atomic E-state index is 12.8. The van der Waals surface area contributed by atoms with E-state index < -0.39 is 0 Å². The Kier molecular flexibility index (Phi) is 6.49. The molecule has 0 atom stereocenters. The Morgan fingerprint density at radius 3 is 2.55 bits per heavy atom. The highest BCUT2D eigenvalue weighted by Crippen LogP contribution is 2.18. The lowest BCUT2D eigenvalue weighted by molar-refractivity contribution is 0.0769. The number of carbonyl (C=O) groups excluding carboxylic acids is 2. The quantitative estimate of drug-likeness (QED) is 0.637. The fourth-order valence-corrected chi connectivity index (χ4v) is 3.32. The Morgan fingerprint density at radius 2 is 1.83 bits per heavy atom. The molecule has 7 nitrogen and oxygen atoms in total. The Labute approximate surface area is 170 Å². The molecule has 3 rings (SSSR count). The minimum atomic E-state index is -0.320. The fourth-order valence-electron chi connectivity index (χ4n) is 3.32. The smallest absolute Gasteiger partial charge is 0.287 e. The minimum Gasteiger partial charge on any atom is -0.496 e. The number of nitrogens with zero attached hydrogens (tertiary/aromatic N) is 3. The summed E-state index contributed by atoms with van der Waals surface area (Å²) in [6, 6.07) is 13.2. The molecule has 0 aliphatic rings. The average molecular weight is 394 g/mol. The lowest BCUT2D eigenvalue weighted by Gasteiger charge is -2.17.